The second kappa shape index (κ2) is 3.98. The summed E-state index contributed by atoms with van der Waals surface area (Å²) in [4.78, 5) is 0. The van der Waals surface area contributed by atoms with Crippen molar-refractivity contribution in [1.82, 2.24) is 5.32 Å². The van der Waals surface area contributed by atoms with E-state index in [1.54, 1.807) is 7.11 Å². The minimum absolute atomic E-state index is 0.500. The van der Waals surface area contributed by atoms with Crippen molar-refractivity contribution in [3.63, 3.8) is 0 Å². The summed E-state index contributed by atoms with van der Waals surface area (Å²) in [7, 11) is 1.71. The van der Waals surface area contributed by atoms with Gasteiger partial charge in [0.05, 0.1) is 13.7 Å². The van der Waals surface area contributed by atoms with Crippen molar-refractivity contribution in [3.8, 4) is 11.5 Å². The van der Waals surface area contributed by atoms with Gasteiger partial charge in [-0.05, 0) is 31.0 Å². The van der Waals surface area contributed by atoms with Crippen LogP contribution >= 0.6 is 0 Å². The Morgan fingerprint density at radius 3 is 3.12 bits per heavy atom. The average Bonchev–Trinajstić information content (AvgIpc) is 2.97. The number of hydrogen-bond acceptors (Lipinski definition) is 3. The van der Waals surface area contributed by atoms with Crippen LogP contribution in [0.25, 0.3) is 0 Å². The first-order chi connectivity index (χ1) is 7.88. The molecule has 0 aromatic heterocycles. The molecule has 1 atom stereocenters. The van der Waals surface area contributed by atoms with Gasteiger partial charge in [0.2, 0.25) is 0 Å². The first-order valence-corrected chi connectivity index (χ1v) is 5.95. The molecule has 0 amide bonds. The normalized spacial score (nSPS) is 22.9. The third kappa shape index (κ3) is 1.55. The molecule has 0 aliphatic carbocycles. The molecule has 0 radical (unpaired) electrons. The van der Waals surface area contributed by atoms with Gasteiger partial charge in [0.25, 0.3) is 0 Å². The van der Waals surface area contributed by atoms with E-state index in [-0.39, 0.29) is 0 Å². The van der Waals surface area contributed by atoms with E-state index < -0.39 is 0 Å². The lowest BCUT2D eigenvalue weighted by Gasteiger charge is -2.14. The first-order valence-electron chi connectivity index (χ1n) is 5.95. The van der Waals surface area contributed by atoms with E-state index in [1.807, 2.05) is 0 Å². The zero-order valence-corrected chi connectivity index (χ0v) is 9.58. The smallest absolute Gasteiger partial charge is 0.164 e. The van der Waals surface area contributed by atoms with E-state index in [9.17, 15) is 0 Å². The number of hydrogen-bond donors (Lipinski definition) is 1. The lowest BCUT2D eigenvalue weighted by Crippen LogP contribution is -2.13. The molecule has 86 valence electrons. The van der Waals surface area contributed by atoms with Crippen LogP contribution in [0, 0.1) is 0 Å². The number of nitrogens with one attached hydrogen (secondary N) is 1. The Hall–Kier alpha value is -1.22. The maximum Gasteiger partial charge on any atom is 0.164 e. The summed E-state index contributed by atoms with van der Waals surface area (Å²) in [6, 6.07) is 4.89. The molecular weight excluding hydrogens is 202 g/mol. The highest BCUT2D eigenvalue weighted by molar-refractivity contribution is 5.52. The van der Waals surface area contributed by atoms with Gasteiger partial charge in [-0.25, -0.2) is 0 Å². The fourth-order valence-electron chi connectivity index (χ4n) is 2.62. The Morgan fingerprint density at radius 2 is 2.38 bits per heavy atom. The molecule has 2 aliphatic rings. The van der Waals surface area contributed by atoms with Gasteiger partial charge in [-0.1, -0.05) is 6.07 Å². The van der Waals surface area contributed by atoms with Gasteiger partial charge in [-0.3, -0.25) is 0 Å². The monoisotopic (exact) mass is 219 g/mol. The van der Waals surface area contributed by atoms with Crippen LogP contribution < -0.4 is 14.8 Å². The second-order valence-electron chi connectivity index (χ2n) is 4.46. The molecule has 16 heavy (non-hydrogen) atoms. The van der Waals surface area contributed by atoms with Crippen molar-refractivity contribution in [1.29, 1.82) is 0 Å². The number of fused-ring (bicyclic) bond motifs is 1. The predicted molar refractivity (Wildman–Crippen MR) is 62.2 cm³/mol. The van der Waals surface area contributed by atoms with E-state index in [4.69, 9.17) is 9.47 Å². The zero-order chi connectivity index (χ0) is 11.0. The standard InChI is InChI=1S/C13H17NO2/c1-15-12-8-10(11-3-2-5-14-11)7-9-4-6-16-13(9)12/h7-8,11,14H,2-6H2,1H3. The van der Waals surface area contributed by atoms with E-state index in [0.717, 1.165) is 31.1 Å². The Balaban J connectivity index is 2.00. The van der Waals surface area contributed by atoms with Gasteiger partial charge in [0, 0.05) is 18.0 Å². The molecule has 3 nitrogen and oxygen atoms in total. The van der Waals surface area contributed by atoms with Crippen molar-refractivity contribution >= 4 is 0 Å². The minimum Gasteiger partial charge on any atom is -0.493 e. The maximum atomic E-state index is 5.59. The summed E-state index contributed by atoms with van der Waals surface area (Å²) in [5.74, 6) is 1.84. The first kappa shape index (κ1) is 9.97. The van der Waals surface area contributed by atoms with Crippen molar-refractivity contribution in [2.24, 2.45) is 0 Å². The Kier molecular flexibility index (Phi) is 2.48. The SMILES string of the molecule is COc1cc(C2CCCN2)cc2c1OCC2. The van der Waals surface area contributed by atoms with Gasteiger partial charge in [-0.2, -0.15) is 0 Å². The molecule has 2 heterocycles. The van der Waals surface area contributed by atoms with E-state index >= 15 is 0 Å². The van der Waals surface area contributed by atoms with Crippen molar-refractivity contribution in [2.45, 2.75) is 25.3 Å². The number of methoxy groups -OCH3 is 1. The van der Waals surface area contributed by atoms with E-state index in [2.05, 4.69) is 17.4 Å². The molecule has 1 N–H and O–H groups in total. The highest BCUT2D eigenvalue weighted by atomic mass is 16.5. The minimum atomic E-state index is 0.500. The van der Waals surface area contributed by atoms with Gasteiger partial charge in [0.15, 0.2) is 11.5 Å². The van der Waals surface area contributed by atoms with Crippen LogP contribution in [0.1, 0.15) is 30.0 Å². The van der Waals surface area contributed by atoms with Gasteiger partial charge in [-0.15, -0.1) is 0 Å². The van der Waals surface area contributed by atoms with Crippen molar-refractivity contribution in [3.05, 3.63) is 23.3 Å². The second-order valence-corrected chi connectivity index (χ2v) is 4.46. The summed E-state index contributed by atoms with van der Waals surface area (Å²) in [5, 5.41) is 3.52. The number of ether oxygens (including phenoxy) is 2. The largest absolute Gasteiger partial charge is 0.493 e. The molecule has 1 unspecified atom stereocenters. The molecule has 1 saturated heterocycles. The fourth-order valence-corrected chi connectivity index (χ4v) is 2.62. The molecule has 0 spiro atoms. The van der Waals surface area contributed by atoms with Gasteiger partial charge >= 0.3 is 0 Å². The van der Waals surface area contributed by atoms with Gasteiger partial charge in [0.1, 0.15) is 0 Å². The molecule has 1 aromatic carbocycles. The summed E-state index contributed by atoms with van der Waals surface area (Å²) in [5.41, 5.74) is 2.64. The van der Waals surface area contributed by atoms with Gasteiger partial charge < -0.3 is 14.8 Å². The van der Waals surface area contributed by atoms with Crippen LogP contribution in [0.2, 0.25) is 0 Å². The topological polar surface area (TPSA) is 30.5 Å². The Bertz CT molecular complexity index is 397. The van der Waals surface area contributed by atoms with Crippen LogP contribution in [0.15, 0.2) is 12.1 Å². The maximum absolute atomic E-state index is 5.59. The van der Waals surface area contributed by atoms with E-state index in [1.165, 1.54) is 24.0 Å². The summed E-state index contributed by atoms with van der Waals surface area (Å²) in [6.07, 6.45) is 3.50. The highest BCUT2D eigenvalue weighted by Gasteiger charge is 2.23. The lowest BCUT2D eigenvalue weighted by atomic mass is 10.0. The third-order valence-electron chi connectivity index (χ3n) is 3.45. The molecule has 3 rings (SSSR count). The Labute approximate surface area is 95.8 Å². The average molecular weight is 219 g/mol. The van der Waals surface area contributed by atoms with Crippen LogP contribution in [0.4, 0.5) is 0 Å². The van der Waals surface area contributed by atoms with Crippen molar-refractivity contribution < 1.29 is 9.47 Å². The lowest BCUT2D eigenvalue weighted by molar-refractivity contribution is 0.325. The molecule has 1 fully saturated rings. The number of rotatable bonds is 2. The Morgan fingerprint density at radius 1 is 1.44 bits per heavy atom. The quantitative estimate of drug-likeness (QED) is 0.825. The molecule has 0 saturated carbocycles. The summed E-state index contributed by atoms with van der Waals surface area (Å²) >= 11 is 0. The van der Waals surface area contributed by atoms with Crippen LogP contribution in [0.5, 0.6) is 11.5 Å². The molecule has 3 heteroatoms. The van der Waals surface area contributed by atoms with Crippen LogP contribution in [-0.2, 0) is 6.42 Å². The highest BCUT2D eigenvalue weighted by Crippen LogP contribution is 2.39. The molecular formula is C13H17NO2. The molecule has 1 aromatic rings. The third-order valence-corrected chi connectivity index (χ3v) is 3.45. The van der Waals surface area contributed by atoms with E-state index in [0.29, 0.717) is 6.04 Å². The summed E-state index contributed by atoms with van der Waals surface area (Å²) in [6.45, 7) is 1.91. The fraction of sp³-hybridized carbons (Fsp3) is 0.538. The molecule has 0 bridgehead atoms. The summed E-state index contributed by atoms with van der Waals surface area (Å²) < 4.78 is 11.0. The predicted octanol–water partition coefficient (Wildman–Crippen LogP) is 2.05. The van der Waals surface area contributed by atoms with Crippen molar-refractivity contribution in [2.75, 3.05) is 20.3 Å². The molecule has 2 aliphatic heterocycles. The van der Waals surface area contributed by atoms with Crippen LogP contribution in [0.3, 0.4) is 0 Å². The zero-order valence-electron chi connectivity index (χ0n) is 9.58. The number of benzene rings is 1. The van der Waals surface area contributed by atoms with Crippen LogP contribution in [-0.4, -0.2) is 20.3 Å².